The summed E-state index contributed by atoms with van der Waals surface area (Å²) in [6, 6.07) is 10.6. The molecule has 1 aliphatic rings. The third-order valence-electron chi connectivity index (χ3n) is 6.45. The summed E-state index contributed by atoms with van der Waals surface area (Å²) in [6.07, 6.45) is 2.74. The fourth-order valence-electron chi connectivity index (χ4n) is 4.52. The van der Waals surface area contributed by atoms with E-state index in [2.05, 4.69) is 11.5 Å². The van der Waals surface area contributed by atoms with Crippen molar-refractivity contribution in [2.75, 3.05) is 26.3 Å². The molecule has 2 heterocycles. The average Bonchev–Trinajstić information content (AvgIpc) is 3.19. The Morgan fingerprint density at radius 3 is 2.86 bits per heavy atom. The van der Waals surface area contributed by atoms with E-state index in [0.717, 1.165) is 29.9 Å². The van der Waals surface area contributed by atoms with Gasteiger partial charge >= 0.3 is 0 Å². The van der Waals surface area contributed by atoms with Gasteiger partial charge in [-0.15, -0.1) is 0 Å². The quantitative estimate of drug-likeness (QED) is 0.257. The van der Waals surface area contributed by atoms with Gasteiger partial charge in [-0.05, 0) is 68.4 Å². The normalized spacial score (nSPS) is 17.3. The van der Waals surface area contributed by atoms with Crippen LogP contribution in [0.4, 0.5) is 4.39 Å². The molecule has 3 aromatic rings. The standard InChI is InChI=1S/C26H34FN3O3S2/c1-4-33-15-7-14-30-24-12-11-22(35(31,32)29-13-6-8-19(2)17-29)16-23(24)28-26(30)34-18-21-10-5-9-20(3)25(21)27/h5,9-12,16,19H,4,6-8,13-15,17-18H2,1-3H3/t19-/m0/s1. The van der Waals surface area contributed by atoms with E-state index in [9.17, 15) is 12.8 Å². The van der Waals surface area contributed by atoms with Crippen molar-refractivity contribution in [3.63, 3.8) is 0 Å². The molecule has 6 nitrogen and oxygen atoms in total. The first-order chi connectivity index (χ1) is 16.8. The lowest BCUT2D eigenvalue weighted by Gasteiger charge is -2.30. The SMILES string of the molecule is CCOCCCn1c(SCc2cccc(C)c2F)nc2cc(S(=O)(=O)N3CCC[C@H](C)C3)ccc21. The van der Waals surface area contributed by atoms with Crippen LogP contribution in [0.3, 0.4) is 0 Å². The Kier molecular flexibility index (Phi) is 8.52. The highest BCUT2D eigenvalue weighted by Gasteiger charge is 2.29. The minimum atomic E-state index is -3.57. The smallest absolute Gasteiger partial charge is 0.243 e. The molecule has 190 valence electrons. The summed E-state index contributed by atoms with van der Waals surface area (Å²) in [6.45, 7) is 8.91. The Hall–Kier alpha value is -1.94. The number of halogens is 1. The largest absolute Gasteiger partial charge is 0.382 e. The van der Waals surface area contributed by atoms with Crippen LogP contribution in [-0.2, 0) is 27.1 Å². The number of hydrogen-bond acceptors (Lipinski definition) is 5. The first-order valence-corrected chi connectivity index (χ1v) is 14.7. The van der Waals surface area contributed by atoms with Crippen molar-refractivity contribution in [2.45, 2.75) is 62.4 Å². The topological polar surface area (TPSA) is 64.4 Å². The molecule has 1 aliphatic heterocycles. The molecule has 0 amide bonds. The third-order valence-corrected chi connectivity index (χ3v) is 9.33. The van der Waals surface area contributed by atoms with Crippen LogP contribution in [0.15, 0.2) is 46.5 Å². The zero-order valence-corrected chi connectivity index (χ0v) is 22.3. The number of fused-ring (bicyclic) bond motifs is 1. The molecule has 9 heteroatoms. The average molecular weight is 520 g/mol. The van der Waals surface area contributed by atoms with Crippen LogP contribution >= 0.6 is 11.8 Å². The van der Waals surface area contributed by atoms with Crippen molar-refractivity contribution in [2.24, 2.45) is 5.92 Å². The molecule has 0 N–H and O–H groups in total. The maximum atomic E-state index is 14.6. The molecule has 0 radical (unpaired) electrons. The van der Waals surface area contributed by atoms with Crippen LogP contribution in [0.5, 0.6) is 0 Å². The predicted molar refractivity (Wildman–Crippen MR) is 139 cm³/mol. The molecule has 0 saturated carbocycles. The Morgan fingerprint density at radius 1 is 1.26 bits per heavy atom. The van der Waals surface area contributed by atoms with Gasteiger partial charge in [0.15, 0.2) is 5.16 Å². The molecule has 0 aliphatic carbocycles. The van der Waals surface area contributed by atoms with E-state index < -0.39 is 10.0 Å². The van der Waals surface area contributed by atoms with Crippen LogP contribution in [0, 0.1) is 18.7 Å². The van der Waals surface area contributed by atoms with E-state index in [-0.39, 0.29) is 10.7 Å². The molecule has 35 heavy (non-hydrogen) atoms. The van der Waals surface area contributed by atoms with Gasteiger partial charge in [0.25, 0.3) is 0 Å². The molecule has 0 unspecified atom stereocenters. The minimum absolute atomic E-state index is 0.192. The van der Waals surface area contributed by atoms with Gasteiger partial charge in [-0.2, -0.15) is 4.31 Å². The molecule has 4 rings (SSSR count). The summed E-state index contributed by atoms with van der Waals surface area (Å²) < 4.78 is 50.4. The van der Waals surface area contributed by atoms with Crippen molar-refractivity contribution in [3.8, 4) is 0 Å². The molecule has 0 spiro atoms. The number of aryl methyl sites for hydroxylation is 2. The number of benzene rings is 2. The lowest BCUT2D eigenvalue weighted by atomic mass is 10.0. The second-order valence-corrected chi connectivity index (χ2v) is 12.1. The van der Waals surface area contributed by atoms with E-state index in [1.54, 1.807) is 35.5 Å². The molecular weight excluding hydrogens is 485 g/mol. The lowest BCUT2D eigenvalue weighted by Crippen LogP contribution is -2.39. The number of piperidine rings is 1. The summed E-state index contributed by atoms with van der Waals surface area (Å²) in [5.41, 5.74) is 2.76. The highest BCUT2D eigenvalue weighted by Crippen LogP contribution is 2.31. The molecule has 1 saturated heterocycles. The second-order valence-electron chi connectivity index (χ2n) is 9.19. The van der Waals surface area contributed by atoms with E-state index in [1.807, 2.05) is 19.1 Å². The van der Waals surface area contributed by atoms with Gasteiger partial charge in [-0.3, -0.25) is 0 Å². The summed E-state index contributed by atoms with van der Waals surface area (Å²) in [7, 11) is -3.57. The minimum Gasteiger partial charge on any atom is -0.382 e. The van der Waals surface area contributed by atoms with Crippen molar-refractivity contribution < 1.29 is 17.5 Å². The number of imidazole rings is 1. The number of sulfonamides is 1. The van der Waals surface area contributed by atoms with Gasteiger partial charge in [-0.1, -0.05) is 36.9 Å². The van der Waals surface area contributed by atoms with Gasteiger partial charge in [0, 0.05) is 38.6 Å². The second kappa shape index (κ2) is 11.4. The zero-order chi connectivity index (χ0) is 25.0. The van der Waals surface area contributed by atoms with Gasteiger partial charge < -0.3 is 9.30 Å². The number of rotatable bonds is 10. The molecule has 1 aromatic heterocycles. The summed E-state index contributed by atoms with van der Waals surface area (Å²) in [4.78, 5) is 5.07. The molecule has 1 fully saturated rings. The highest BCUT2D eigenvalue weighted by atomic mass is 32.2. The number of ether oxygens (including phenoxy) is 1. The van der Waals surface area contributed by atoms with Crippen molar-refractivity contribution in [1.82, 2.24) is 13.9 Å². The monoisotopic (exact) mass is 519 g/mol. The predicted octanol–water partition coefficient (Wildman–Crippen LogP) is 5.62. The Labute approximate surface area is 211 Å². The zero-order valence-electron chi connectivity index (χ0n) is 20.7. The van der Waals surface area contributed by atoms with E-state index in [0.29, 0.717) is 61.2 Å². The number of nitrogens with zero attached hydrogens (tertiary/aromatic N) is 3. The maximum absolute atomic E-state index is 14.6. The van der Waals surface area contributed by atoms with Gasteiger partial charge in [0.1, 0.15) is 5.82 Å². The van der Waals surface area contributed by atoms with Crippen molar-refractivity contribution in [1.29, 1.82) is 0 Å². The van der Waals surface area contributed by atoms with Crippen molar-refractivity contribution in [3.05, 3.63) is 53.3 Å². The number of thioether (sulfide) groups is 1. The van der Waals surface area contributed by atoms with Crippen LogP contribution in [0.1, 0.15) is 44.2 Å². The number of hydrogen-bond donors (Lipinski definition) is 0. The van der Waals surface area contributed by atoms with E-state index >= 15 is 0 Å². The van der Waals surface area contributed by atoms with Gasteiger partial charge in [-0.25, -0.2) is 17.8 Å². The van der Waals surface area contributed by atoms with Gasteiger partial charge in [0.05, 0.1) is 15.9 Å². The van der Waals surface area contributed by atoms with E-state index in [4.69, 9.17) is 9.72 Å². The molecular formula is C26H34FN3O3S2. The summed E-state index contributed by atoms with van der Waals surface area (Å²) in [5, 5.41) is 0.749. The molecule has 2 aromatic carbocycles. The fraction of sp³-hybridized carbons (Fsp3) is 0.500. The lowest BCUT2D eigenvalue weighted by molar-refractivity contribution is 0.141. The molecule has 1 atom stereocenters. The third kappa shape index (κ3) is 5.90. The van der Waals surface area contributed by atoms with Crippen molar-refractivity contribution >= 4 is 32.8 Å². The molecule has 0 bridgehead atoms. The number of aromatic nitrogens is 2. The summed E-state index contributed by atoms with van der Waals surface area (Å²) >= 11 is 1.47. The summed E-state index contributed by atoms with van der Waals surface area (Å²) in [5.74, 6) is 0.610. The maximum Gasteiger partial charge on any atom is 0.243 e. The van der Waals surface area contributed by atoms with Crippen LogP contribution in [0.25, 0.3) is 11.0 Å². The van der Waals surface area contributed by atoms with Crippen LogP contribution in [-0.4, -0.2) is 48.6 Å². The first kappa shape index (κ1) is 26.1. The fourth-order valence-corrected chi connectivity index (χ4v) is 7.15. The highest BCUT2D eigenvalue weighted by molar-refractivity contribution is 7.98. The Morgan fingerprint density at radius 2 is 2.09 bits per heavy atom. The van der Waals surface area contributed by atoms with Crippen LogP contribution in [0.2, 0.25) is 0 Å². The first-order valence-electron chi connectivity index (χ1n) is 12.3. The Balaban J connectivity index is 1.64. The van der Waals surface area contributed by atoms with Gasteiger partial charge in [0.2, 0.25) is 10.0 Å². The van der Waals surface area contributed by atoms with E-state index in [1.165, 1.54) is 11.8 Å². The Bertz CT molecular complexity index is 1280. The van der Waals surface area contributed by atoms with Crippen LogP contribution < -0.4 is 0 Å².